The first-order valence-corrected chi connectivity index (χ1v) is 13.1. The molecule has 0 saturated carbocycles. The number of carbonyl (C=O) groups excluding carboxylic acids is 1. The van der Waals surface area contributed by atoms with Crippen LogP contribution >= 0.6 is 10.8 Å². The van der Waals surface area contributed by atoms with Gasteiger partial charge in [0.05, 0.1) is 4.90 Å². The Kier molecular flexibility index (Phi) is 7.17. The maximum atomic E-state index is 13.0. The molecule has 1 aliphatic rings. The molecule has 0 radical (unpaired) electrons. The Balaban J connectivity index is 1.85. The van der Waals surface area contributed by atoms with Crippen LogP contribution in [0.5, 0.6) is 0 Å². The number of carbonyl (C=O) groups is 1. The Morgan fingerprint density at radius 1 is 1.10 bits per heavy atom. The number of nitrogens with two attached hydrogens (primary N) is 1. The van der Waals surface area contributed by atoms with Gasteiger partial charge in [-0.25, -0.2) is 17.9 Å². The van der Waals surface area contributed by atoms with E-state index in [2.05, 4.69) is 4.99 Å². The molecule has 0 spiro atoms. The van der Waals surface area contributed by atoms with Crippen molar-refractivity contribution in [2.24, 2.45) is 10.1 Å². The number of hydrogen-bond acceptors (Lipinski definition) is 6. The van der Waals surface area contributed by atoms with Gasteiger partial charge < -0.3 is 0 Å². The first kappa shape index (κ1) is 23.4. The van der Waals surface area contributed by atoms with Crippen LogP contribution in [-0.4, -0.2) is 46.5 Å². The lowest BCUT2D eigenvalue weighted by molar-refractivity contribution is -0.119. The largest absolute Gasteiger partial charge is 0.288 e. The summed E-state index contributed by atoms with van der Waals surface area (Å²) in [6.45, 7) is 2.47. The third-order valence-corrected chi connectivity index (χ3v) is 8.14. The summed E-state index contributed by atoms with van der Waals surface area (Å²) < 4.78 is 45.8. The van der Waals surface area contributed by atoms with Gasteiger partial charge in [0.1, 0.15) is 11.0 Å². The molecule has 8 nitrogen and oxygen atoms in total. The Bertz CT molecular complexity index is 1050. The lowest BCUT2D eigenvalue weighted by Gasteiger charge is -2.40. The second-order valence-electron chi connectivity index (χ2n) is 7.32. The third-order valence-electron chi connectivity index (χ3n) is 5.09. The number of benzene rings is 2. The topological polar surface area (TPSA) is 133 Å². The highest BCUT2D eigenvalue weighted by molar-refractivity contribution is 8.24. The van der Waals surface area contributed by atoms with Crippen molar-refractivity contribution in [2.75, 3.05) is 13.1 Å². The fourth-order valence-corrected chi connectivity index (χ4v) is 5.95. The van der Waals surface area contributed by atoms with E-state index in [1.807, 2.05) is 13.0 Å². The van der Waals surface area contributed by atoms with Gasteiger partial charge in [0.15, 0.2) is 0 Å². The monoisotopic (exact) mass is 465 g/mol. The number of amides is 1. The summed E-state index contributed by atoms with van der Waals surface area (Å²) in [5.41, 5.74) is 1.60. The van der Waals surface area contributed by atoms with Crippen molar-refractivity contribution >= 4 is 32.4 Å². The van der Waals surface area contributed by atoms with Crippen LogP contribution in [0.1, 0.15) is 36.1 Å². The quantitative estimate of drug-likeness (QED) is 0.550. The van der Waals surface area contributed by atoms with E-state index in [0.29, 0.717) is 18.4 Å². The smallest absolute Gasteiger partial charge is 0.281 e. The molecule has 1 unspecified atom stereocenters. The Hall–Kier alpha value is -2.24. The number of sulfonamides is 1. The minimum atomic E-state index is -3.76. The average Bonchev–Trinajstić information content (AvgIpc) is 2.91. The lowest BCUT2D eigenvalue weighted by atomic mass is 10.1. The SMILES string of the molecule is CCCCN1C(=O)C(=NCCc2ccc(S(N)(=O)=O)cc2)C(c2ccccc2)S1(O)O. The van der Waals surface area contributed by atoms with Crippen LogP contribution in [0.15, 0.2) is 64.5 Å². The van der Waals surface area contributed by atoms with E-state index in [-0.39, 0.29) is 23.7 Å². The van der Waals surface area contributed by atoms with Crippen molar-refractivity contribution in [2.45, 2.75) is 36.3 Å². The molecule has 0 aromatic heterocycles. The molecular formula is C21H27N3O5S2. The molecule has 168 valence electrons. The summed E-state index contributed by atoms with van der Waals surface area (Å²) in [6, 6.07) is 15.1. The van der Waals surface area contributed by atoms with E-state index >= 15 is 0 Å². The molecule has 0 aliphatic carbocycles. The van der Waals surface area contributed by atoms with Crippen LogP contribution in [0.4, 0.5) is 0 Å². The summed E-state index contributed by atoms with van der Waals surface area (Å²) in [5.74, 6) is -0.452. The molecule has 1 fully saturated rings. The minimum Gasteiger partial charge on any atom is -0.281 e. The molecule has 4 N–H and O–H groups in total. The summed E-state index contributed by atoms with van der Waals surface area (Å²) in [7, 11) is -7.15. The van der Waals surface area contributed by atoms with Crippen LogP contribution in [0, 0.1) is 0 Å². The predicted octanol–water partition coefficient (Wildman–Crippen LogP) is 3.37. The zero-order valence-electron chi connectivity index (χ0n) is 17.2. The summed E-state index contributed by atoms with van der Waals surface area (Å²) >= 11 is 0. The molecule has 3 rings (SSSR count). The van der Waals surface area contributed by atoms with Gasteiger partial charge in [-0.3, -0.25) is 18.9 Å². The van der Waals surface area contributed by atoms with Crippen LogP contribution < -0.4 is 5.14 Å². The molecule has 2 aromatic carbocycles. The lowest BCUT2D eigenvalue weighted by Crippen LogP contribution is -2.29. The summed E-state index contributed by atoms with van der Waals surface area (Å²) in [5, 5.41) is 4.21. The van der Waals surface area contributed by atoms with E-state index < -0.39 is 32.0 Å². The van der Waals surface area contributed by atoms with Crippen molar-refractivity contribution in [3.63, 3.8) is 0 Å². The first-order valence-electron chi connectivity index (χ1n) is 9.96. The molecule has 1 saturated heterocycles. The summed E-state index contributed by atoms with van der Waals surface area (Å²) in [6.07, 6.45) is 1.93. The fourth-order valence-electron chi connectivity index (χ4n) is 3.45. The highest BCUT2D eigenvalue weighted by Gasteiger charge is 2.50. The van der Waals surface area contributed by atoms with Crippen molar-refractivity contribution in [3.05, 3.63) is 65.7 Å². The maximum absolute atomic E-state index is 13.0. The van der Waals surface area contributed by atoms with E-state index in [9.17, 15) is 22.3 Å². The number of rotatable bonds is 8. The Morgan fingerprint density at radius 3 is 2.32 bits per heavy atom. The van der Waals surface area contributed by atoms with Crippen molar-refractivity contribution < 1.29 is 22.3 Å². The predicted molar refractivity (Wildman–Crippen MR) is 122 cm³/mol. The molecule has 1 amide bonds. The molecule has 31 heavy (non-hydrogen) atoms. The second kappa shape index (κ2) is 9.49. The van der Waals surface area contributed by atoms with Crippen LogP contribution in [-0.2, 0) is 21.2 Å². The standard InChI is InChI=1S/C21H27N3O5S2/c1-2-3-15-24-21(25)19(20(31(24,28)29)17-7-5-4-6-8-17)23-14-13-16-9-11-18(12-10-16)30(22,26)27/h4-12,20,28-29H,2-3,13-15H2,1H3,(H2,22,26,27). The van der Waals surface area contributed by atoms with Gasteiger partial charge in [-0.05, 0) is 36.1 Å². The van der Waals surface area contributed by atoms with E-state index in [1.54, 1.807) is 36.4 Å². The highest BCUT2D eigenvalue weighted by Crippen LogP contribution is 2.61. The van der Waals surface area contributed by atoms with Crippen molar-refractivity contribution in [1.82, 2.24) is 4.31 Å². The molecular weight excluding hydrogens is 438 g/mol. The van der Waals surface area contributed by atoms with Gasteiger partial charge >= 0.3 is 0 Å². The first-order chi connectivity index (χ1) is 14.7. The van der Waals surface area contributed by atoms with E-state index in [0.717, 1.165) is 16.3 Å². The zero-order valence-corrected chi connectivity index (χ0v) is 18.8. The van der Waals surface area contributed by atoms with E-state index in [4.69, 9.17) is 5.14 Å². The molecule has 2 aromatic rings. The number of unbranched alkanes of at least 4 members (excludes halogenated alkanes) is 1. The van der Waals surface area contributed by atoms with Gasteiger partial charge in [0.2, 0.25) is 10.0 Å². The fraction of sp³-hybridized carbons (Fsp3) is 0.333. The molecule has 1 heterocycles. The second-order valence-corrected chi connectivity index (χ2v) is 10.9. The number of primary sulfonamides is 1. The normalized spacial score (nSPS) is 20.9. The van der Waals surface area contributed by atoms with Gasteiger partial charge in [0, 0.05) is 13.1 Å². The van der Waals surface area contributed by atoms with E-state index in [1.165, 1.54) is 12.1 Å². The Morgan fingerprint density at radius 2 is 1.74 bits per heavy atom. The molecule has 1 atom stereocenters. The molecule has 10 heteroatoms. The molecule has 1 aliphatic heterocycles. The van der Waals surface area contributed by atoms with Gasteiger partial charge in [0.25, 0.3) is 5.91 Å². The maximum Gasteiger partial charge on any atom is 0.288 e. The number of aliphatic imine (C=N–C) groups is 1. The third kappa shape index (κ3) is 5.16. The van der Waals surface area contributed by atoms with Gasteiger partial charge in [-0.15, -0.1) is 10.8 Å². The van der Waals surface area contributed by atoms with Gasteiger partial charge in [-0.2, -0.15) is 0 Å². The van der Waals surface area contributed by atoms with Crippen molar-refractivity contribution in [1.29, 1.82) is 0 Å². The van der Waals surface area contributed by atoms with Crippen LogP contribution in [0.2, 0.25) is 0 Å². The average molecular weight is 466 g/mol. The highest BCUT2D eigenvalue weighted by atomic mass is 32.3. The minimum absolute atomic E-state index is 0.0261. The molecule has 0 bridgehead atoms. The van der Waals surface area contributed by atoms with Gasteiger partial charge in [-0.1, -0.05) is 55.8 Å². The number of hydrogen-bond donors (Lipinski definition) is 3. The van der Waals surface area contributed by atoms with Crippen LogP contribution in [0.3, 0.4) is 0 Å². The van der Waals surface area contributed by atoms with Crippen LogP contribution in [0.25, 0.3) is 0 Å². The zero-order chi connectivity index (χ0) is 22.6. The Labute approximate surface area is 184 Å². The van der Waals surface area contributed by atoms with Crippen molar-refractivity contribution in [3.8, 4) is 0 Å². The number of nitrogens with zero attached hydrogens (tertiary/aromatic N) is 2. The summed E-state index contributed by atoms with van der Waals surface area (Å²) in [4.78, 5) is 17.5.